The molecule has 2 aromatic carbocycles. The van der Waals surface area contributed by atoms with Crippen LogP contribution in [0.1, 0.15) is 18.9 Å². The number of ether oxygens (including phenoxy) is 1. The van der Waals surface area contributed by atoms with Crippen molar-refractivity contribution in [1.82, 2.24) is 4.90 Å². The van der Waals surface area contributed by atoms with Gasteiger partial charge in [0.25, 0.3) is 0 Å². The molecule has 5 nitrogen and oxygen atoms in total. The number of methoxy groups -OCH3 is 1. The minimum absolute atomic E-state index is 0.113. The summed E-state index contributed by atoms with van der Waals surface area (Å²) in [7, 11) is 1.58. The quantitative estimate of drug-likeness (QED) is 0.757. The van der Waals surface area contributed by atoms with E-state index in [1.807, 2.05) is 24.3 Å². The SMILES string of the molecule is COc1ccccc1CN(CCC(=O)Nc1ccc(Cl)c(Cl)c1)C(C)=O. The summed E-state index contributed by atoms with van der Waals surface area (Å²) in [5, 5.41) is 3.53. The lowest BCUT2D eigenvalue weighted by Gasteiger charge is -2.22. The van der Waals surface area contributed by atoms with Gasteiger partial charge in [-0.2, -0.15) is 0 Å². The predicted octanol–water partition coefficient (Wildman–Crippen LogP) is 4.38. The molecule has 26 heavy (non-hydrogen) atoms. The van der Waals surface area contributed by atoms with Crippen molar-refractivity contribution in [3.05, 3.63) is 58.1 Å². The second-order valence-electron chi connectivity index (χ2n) is 5.68. The fourth-order valence-electron chi connectivity index (χ4n) is 2.42. The molecule has 0 spiro atoms. The Balaban J connectivity index is 1.96. The summed E-state index contributed by atoms with van der Waals surface area (Å²) in [6, 6.07) is 12.3. The Hall–Kier alpha value is -2.24. The van der Waals surface area contributed by atoms with Crippen LogP contribution in [0.2, 0.25) is 10.0 Å². The third kappa shape index (κ3) is 5.64. The lowest BCUT2D eigenvalue weighted by molar-refractivity contribution is -0.129. The number of rotatable bonds is 7. The van der Waals surface area contributed by atoms with Gasteiger partial charge in [0.05, 0.1) is 17.2 Å². The van der Waals surface area contributed by atoms with Crippen LogP contribution in [0.5, 0.6) is 5.75 Å². The maximum absolute atomic E-state index is 12.2. The van der Waals surface area contributed by atoms with Gasteiger partial charge in [0, 0.05) is 37.7 Å². The lowest BCUT2D eigenvalue weighted by Crippen LogP contribution is -2.31. The van der Waals surface area contributed by atoms with E-state index in [1.54, 1.807) is 30.2 Å². The van der Waals surface area contributed by atoms with Gasteiger partial charge in [0.1, 0.15) is 5.75 Å². The van der Waals surface area contributed by atoms with Crippen LogP contribution in [0.4, 0.5) is 5.69 Å². The molecule has 0 aromatic heterocycles. The van der Waals surface area contributed by atoms with Gasteiger partial charge in [-0.1, -0.05) is 41.4 Å². The first-order chi connectivity index (χ1) is 12.4. The van der Waals surface area contributed by atoms with E-state index in [2.05, 4.69) is 5.32 Å². The predicted molar refractivity (Wildman–Crippen MR) is 104 cm³/mol. The molecule has 0 saturated heterocycles. The molecule has 2 rings (SSSR count). The number of benzene rings is 2. The van der Waals surface area contributed by atoms with Gasteiger partial charge in [0.15, 0.2) is 0 Å². The highest BCUT2D eigenvalue weighted by atomic mass is 35.5. The maximum Gasteiger partial charge on any atom is 0.226 e. The van der Waals surface area contributed by atoms with Crippen LogP contribution >= 0.6 is 23.2 Å². The van der Waals surface area contributed by atoms with E-state index in [0.717, 1.165) is 5.56 Å². The van der Waals surface area contributed by atoms with Gasteiger partial charge in [-0.25, -0.2) is 0 Å². The first-order valence-corrected chi connectivity index (χ1v) is 8.78. The van der Waals surface area contributed by atoms with Crippen molar-refractivity contribution < 1.29 is 14.3 Å². The van der Waals surface area contributed by atoms with Gasteiger partial charge >= 0.3 is 0 Å². The van der Waals surface area contributed by atoms with Crippen LogP contribution in [0.25, 0.3) is 0 Å². The number of hydrogen-bond acceptors (Lipinski definition) is 3. The van der Waals surface area contributed by atoms with E-state index >= 15 is 0 Å². The lowest BCUT2D eigenvalue weighted by atomic mass is 10.2. The Morgan fingerprint density at radius 1 is 1.12 bits per heavy atom. The molecule has 1 N–H and O–H groups in total. The number of carbonyl (C=O) groups excluding carboxylic acids is 2. The molecule has 0 radical (unpaired) electrons. The van der Waals surface area contributed by atoms with Crippen molar-refractivity contribution in [2.75, 3.05) is 19.0 Å². The van der Waals surface area contributed by atoms with E-state index < -0.39 is 0 Å². The molecule has 0 aliphatic heterocycles. The summed E-state index contributed by atoms with van der Waals surface area (Å²) < 4.78 is 5.31. The molecule has 0 aliphatic carbocycles. The summed E-state index contributed by atoms with van der Waals surface area (Å²) in [6.45, 7) is 2.15. The number of amides is 2. The minimum atomic E-state index is -0.213. The second kappa shape index (κ2) is 9.46. The maximum atomic E-state index is 12.2. The summed E-state index contributed by atoms with van der Waals surface area (Å²) >= 11 is 11.8. The van der Waals surface area contributed by atoms with Crippen LogP contribution in [0.3, 0.4) is 0 Å². The molecule has 2 aromatic rings. The standard InChI is InChI=1S/C19H20Cl2N2O3/c1-13(24)23(12-14-5-3-4-6-18(14)26-2)10-9-19(25)22-15-7-8-16(20)17(21)11-15/h3-8,11H,9-10,12H2,1-2H3,(H,22,25). The van der Waals surface area contributed by atoms with Crippen LogP contribution in [0.15, 0.2) is 42.5 Å². The zero-order valence-corrected chi connectivity index (χ0v) is 16.1. The molecule has 0 unspecified atom stereocenters. The number of carbonyl (C=O) groups is 2. The Morgan fingerprint density at radius 3 is 2.50 bits per heavy atom. The van der Waals surface area contributed by atoms with E-state index in [9.17, 15) is 9.59 Å². The van der Waals surface area contributed by atoms with Gasteiger partial charge in [-0.05, 0) is 24.3 Å². The molecule has 0 atom stereocenters. The van der Waals surface area contributed by atoms with Crippen molar-refractivity contribution in [2.45, 2.75) is 19.9 Å². The Morgan fingerprint density at radius 2 is 1.85 bits per heavy atom. The monoisotopic (exact) mass is 394 g/mol. The average Bonchev–Trinajstić information content (AvgIpc) is 2.61. The van der Waals surface area contributed by atoms with Crippen molar-refractivity contribution in [1.29, 1.82) is 0 Å². The van der Waals surface area contributed by atoms with E-state index in [1.165, 1.54) is 6.92 Å². The van der Waals surface area contributed by atoms with Crippen molar-refractivity contribution in [2.24, 2.45) is 0 Å². The van der Waals surface area contributed by atoms with Crippen molar-refractivity contribution >= 4 is 40.7 Å². The molecule has 7 heteroatoms. The van der Waals surface area contributed by atoms with Gasteiger partial charge < -0.3 is 15.0 Å². The Bertz CT molecular complexity index is 796. The second-order valence-corrected chi connectivity index (χ2v) is 6.49. The third-order valence-corrected chi connectivity index (χ3v) is 4.55. The van der Waals surface area contributed by atoms with E-state index in [4.69, 9.17) is 27.9 Å². The number of anilines is 1. The summed E-state index contributed by atoms with van der Waals surface area (Å²) in [6.07, 6.45) is 0.162. The molecule has 0 heterocycles. The third-order valence-electron chi connectivity index (χ3n) is 3.81. The molecule has 0 fully saturated rings. The highest BCUT2D eigenvalue weighted by molar-refractivity contribution is 6.42. The topological polar surface area (TPSA) is 58.6 Å². The molecule has 2 amide bonds. The fourth-order valence-corrected chi connectivity index (χ4v) is 2.72. The molecule has 0 bridgehead atoms. The summed E-state index contributed by atoms with van der Waals surface area (Å²) in [5.74, 6) is 0.381. The fraction of sp³-hybridized carbons (Fsp3) is 0.263. The van der Waals surface area contributed by atoms with Gasteiger partial charge in [-0.15, -0.1) is 0 Å². The van der Waals surface area contributed by atoms with Crippen LogP contribution in [-0.2, 0) is 16.1 Å². The molecule has 138 valence electrons. The largest absolute Gasteiger partial charge is 0.496 e. The van der Waals surface area contributed by atoms with E-state index in [0.29, 0.717) is 34.6 Å². The molecule has 0 aliphatic rings. The van der Waals surface area contributed by atoms with Crippen LogP contribution in [0, 0.1) is 0 Å². The van der Waals surface area contributed by atoms with E-state index in [-0.39, 0.29) is 18.2 Å². The smallest absolute Gasteiger partial charge is 0.226 e. The van der Waals surface area contributed by atoms with Gasteiger partial charge in [-0.3, -0.25) is 9.59 Å². The molecular formula is C19H20Cl2N2O3. The molecular weight excluding hydrogens is 375 g/mol. The highest BCUT2D eigenvalue weighted by Crippen LogP contribution is 2.25. The van der Waals surface area contributed by atoms with Crippen LogP contribution in [-0.4, -0.2) is 30.4 Å². The Labute approximate surface area is 162 Å². The number of halogens is 2. The normalized spacial score (nSPS) is 10.3. The van der Waals surface area contributed by atoms with Crippen LogP contribution < -0.4 is 10.1 Å². The summed E-state index contributed by atoms with van der Waals surface area (Å²) in [4.78, 5) is 25.7. The van der Waals surface area contributed by atoms with Crippen molar-refractivity contribution in [3.8, 4) is 5.75 Å². The minimum Gasteiger partial charge on any atom is -0.496 e. The van der Waals surface area contributed by atoms with Gasteiger partial charge in [0.2, 0.25) is 11.8 Å². The Kier molecular flexibility index (Phi) is 7.30. The summed E-state index contributed by atoms with van der Waals surface area (Å²) in [5.41, 5.74) is 1.44. The number of nitrogens with zero attached hydrogens (tertiary/aromatic N) is 1. The number of hydrogen-bond donors (Lipinski definition) is 1. The highest BCUT2D eigenvalue weighted by Gasteiger charge is 2.14. The van der Waals surface area contributed by atoms with Crippen molar-refractivity contribution in [3.63, 3.8) is 0 Å². The first-order valence-electron chi connectivity index (χ1n) is 8.03. The average molecular weight is 395 g/mol. The number of nitrogens with one attached hydrogen (secondary N) is 1. The number of para-hydroxylation sites is 1. The zero-order chi connectivity index (χ0) is 19.1. The zero-order valence-electron chi connectivity index (χ0n) is 14.6. The molecule has 0 saturated carbocycles. The first kappa shape index (κ1) is 20.1.